The van der Waals surface area contributed by atoms with Crippen molar-refractivity contribution >= 4 is 39.2 Å². The highest BCUT2D eigenvalue weighted by Crippen LogP contribution is 2.24. The largest absolute Gasteiger partial charge is 0.280 e. The van der Waals surface area contributed by atoms with Crippen LogP contribution in [0.15, 0.2) is 48.5 Å². The molecule has 0 saturated carbocycles. The Balaban J connectivity index is 2.26. The van der Waals surface area contributed by atoms with E-state index in [1.165, 1.54) is 0 Å². The first kappa shape index (κ1) is 11.7. The molecule has 4 aromatic rings. The molecule has 0 aliphatic rings. The number of hydrogen-bond donors (Lipinski definition) is 0. The molecule has 4 heteroatoms. The van der Waals surface area contributed by atoms with Crippen molar-refractivity contribution in [3.8, 4) is 0 Å². The van der Waals surface area contributed by atoms with Crippen molar-refractivity contribution < 1.29 is 0 Å². The van der Waals surface area contributed by atoms with E-state index >= 15 is 0 Å². The van der Waals surface area contributed by atoms with Crippen molar-refractivity contribution in [3.63, 3.8) is 0 Å². The molecule has 0 aliphatic heterocycles. The lowest BCUT2D eigenvalue weighted by atomic mass is 10.2. The lowest BCUT2D eigenvalue weighted by Crippen LogP contribution is -2.02. The second-order valence-electron chi connectivity index (χ2n) is 4.74. The Morgan fingerprint density at radius 2 is 1.65 bits per heavy atom. The number of rotatable bonds is 2. The fraction of sp³-hybridized carbons (Fsp3) is 0.125. The quantitative estimate of drug-likeness (QED) is 0.523. The van der Waals surface area contributed by atoms with Gasteiger partial charge in [-0.15, -0.1) is 11.6 Å². The van der Waals surface area contributed by atoms with Crippen molar-refractivity contribution in [3.05, 3.63) is 54.4 Å². The lowest BCUT2D eigenvalue weighted by Gasteiger charge is -2.07. The van der Waals surface area contributed by atoms with Gasteiger partial charge in [-0.3, -0.25) is 4.40 Å². The Labute approximate surface area is 120 Å². The van der Waals surface area contributed by atoms with Crippen LogP contribution in [0.2, 0.25) is 0 Å². The van der Waals surface area contributed by atoms with Crippen LogP contribution >= 0.6 is 11.6 Å². The van der Waals surface area contributed by atoms with Crippen LogP contribution < -0.4 is 0 Å². The predicted octanol–water partition coefficient (Wildman–Crippen LogP) is 3.82. The summed E-state index contributed by atoms with van der Waals surface area (Å²) in [5.74, 6) is 1.51. The van der Waals surface area contributed by atoms with Gasteiger partial charge < -0.3 is 0 Å². The van der Waals surface area contributed by atoms with Gasteiger partial charge >= 0.3 is 0 Å². The van der Waals surface area contributed by atoms with E-state index in [4.69, 9.17) is 21.6 Å². The van der Waals surface area contributed by atoms with Gasteiger partial charge in [-0.05, 0) is 24.3 Å². The maximum absolute atomic E-state index is 5.93. The molecule has 0 amide bonds. The fourth-order valence-electron chi connectivity index (χ4n) is 2.67. The minimum atomic E-state index is 0.549. The van der Waals surface area contributed by atoms with Crippen LogP contribution in [-0.2, 0) is 6.42 Å². The molecule has 3 nitrogen and oxygen atoms in total. The summed E-state index contributed by atoms with van der Waals surface area (Å²) in [6.45, 7) is 0. The van der Waals surface area contributed by atoms with E-state index in [1.54, 1.807) is 0 Å². The summed E-state index contributed by atoms with van der Waals surface area (Å²) in [5, 5.41) is 1.07. The Bertz CT molecular complexity index is 927. The number of fused-ring (bicyclic) bond motifs is 5. The van der Waals surface area contributed by atoms with Crippen molar-refractivity contribution in [2.24, 2.45) is 0 Å². The fourth-order valence-corrected chi connectivity index (χ4v) is 2.84. The zero-order chi connectivity index (χ0) is 13.5. The van der Waals surface area contributed by atoms with Crippen LogP contribution in [0.5, 0.6) is 0 Å². The highest BCUT2D eigenvalue weighted by atomic mass is 35.5. The molecule has 0 bridgehead atoms. The second kappa shape index (κ2) is 4.46. The molecule has 0 atom stereocenters. The maximum Gasteiger partial charge on any atom is 0.148 e. The Kier molecular flexibility index (Phi) is 2.60. The van der Waals surface area contributed by atoms with Crippen LogP contribution in [-0.4, -0.2) is 20.2 Å². The van der Waals surface area contributed by atoms with E-state index in [0.29, 0.717) is 5.88 Å². The summed E-state index contributed by atoms with van der Waals surface area (Å²) < 4.78 is 2.13. The molecule has 4 rings (SSSR count). The minimum absolute atomic E-state index is 0.549. The molecule has 0 fully saturated rings. The van der Waals surface area contributed by atoms with Gasteiger partial charge in [-0.2, -0.15) is 0 Å². The summed E-state index contributed by atoms with van der Waals surface area (Å²) >= 11 is 5.93. The van der Waals surface area contributed by atoms with E-state index < -0.39 is 0 Å². The smallest absolute Gasteiger partial charge is 0.148 e. The number of imidazole rings is 1. The summed E-state index contributed by atoms with van der Waals surface area (Å²) in [5.41, 5.74) is 4.00. The predicted molar refractivity (Wildman–Crippen MR) is 82.4 cm³/mol. The van der Waals surface area contributed by atoms with Gasteiger partial charge in [0, 0.05) is 17.7 Å². The van der Waals surface area contributed by atoms with Crippen LogP contribution in [0.4, 0.5) is 0 Å². The molecule has 0 saturated heterocycles. The second-order valence-corrected chi connectivity index (χ2v) is 5.12. The molecule has 98 valence electrons. The van der Waals surface area contributed by atoms with Gasteiger partial charge in [0.15, 0.2) is 0 Å². The lowest BCUT2D eigenvalue weighted by molar-refractivity contribution is 0.934. The Morgan fingerprint density at radius 3 is 2.50 bits per heavy atom. The topological polar surface area (TPSA) is 30.2 Å². The third kappa shape index (κ3) is 1.60. The summed E-state index contributed by atoms with van der Waals surface area (Å²) in [6, 6.07) is 16.2. The summed E-state index contributed by atoms with van der Waals surface area (Å²) in [7, 11) is 0. The maximum atomic E-state index is 5.93. The van der Waals surface area contributed by atoms with Gasteiger partial charge in [-0.25, -0.2) is 9.97 Å². The van der Waals surface area contributed by atoms with Crippen LogP contribution in [0.1, 0.15) is 5.82 Å². The van der Waals surface area contributed by atoms with E-state index in [1.807, 2.05) is 36.4 Å². The van der Waals surface area contributed by atoms with Gasteiger partial charge in [0.05, 0.1) is 16.6 Å². The molecule has 20 heavy (non-hydrogen) atoms. The summed E-state index contributed by atoms with van der Waals surface area (Å²) in [4.78, 5) is 9.52. The minimum Gasteiger partial charge on any atom is -0.280 e. The van der Waals surface area contributed by atoms with Crippen molar-refractivity contribution in [1.82, 2.24) is 14.4 Å². The average molecular weight is 282 g/mol. The number of halogens is 1. The van der Waals surface area contributed by atoms with Crippen LogP contribution in [0.3, 0.4) is 0 Å². The Morgan fingerprint density at radius 1 is 0.900 bits per heavy atom. The van der Waals surface area contributed by atoms with Gasteiger partial charge in [0.2, 0.25) is 0 Å². The van der Waals surface area contributed by atoms with Crippen molar-refractivity contribution in [1.29, 1.82) is 0 Å². The molecule has 2 aromatic heterocycles. The molecule has 0 aliphatic carbocycles. The average Bonchev–Trinajstić information content (AvgIpc) is 2.87. The highest BCUT2D eigenvalue weighted by molar-refractivity contribution is 6.18. The molecule has 0 N–H and O–H groups in total. The highest BCUT2D eigenvalue weighted by Gasteiger charge is 2.12. The number of para-hydroxylation sites is 3. The number of alkyl halides is 1. The van der Waals surface area contributed by atoms with E-state index in [9.17, 15) is 0 Å². The van der Waals surface area contributed by atoms with E-state index in [2.05, 4.69) is 16.5 Å². The van der Waals surface area contributed by atoms with E-state index in [0.717, 1.165) is 39.8 Å². The van der Waals surface area contributed by atoms with Crippen molar-refractivity contribution in [2.45, 2.75) is 6.42 Å². The zero-order valence-corrected chi connectivity index (χ0v) is 11.5. The summed E-state index contributed by atoms with van der Waals surface area (Å²) in [6.07, 6.45) is 0.725. The first-order chi connectivity index (χ1) is 9.88. The number of aromatic nitrogens is 3. The first-order valence-electron chi connectivity index (χ1n) is 6.59. The molecule has 2 heterocycles. The molecular weight excluding hydrogens is 270 g/mol. The first-order valence-corrected chi connectivity index (χ1v) is 7.13. The van der Waals surface area contributed by atoms with E-state index in [-0.39, 0.29) is 0 Å². The van der Waals surface area contributed by atoms with Crippen LogP contribution in [0.25, 0.3) is 27.6 Å². The number of nitrogens with zero attached hydrogens (tertiary/aromatic N) is 3. The van der Waals surface area contributed by atoms with Crippen LogP contribution in [0, 0.1) is 0 Å². The molecule has 0 spiro atoms. The standard InChI is InChI=1S/C16H12ClN3/c17-10-9-15-18-12-6-2-1-5-11(12)16-19-13-7-3-4-8-14(13)20(15)16/h1-8H,9-10H2. The number of hydrogen-bond acceptors (Lipinski definition) is 2. The SMILES string of the molecule is ClCCc1nc2ccccc2c2nc3ccccc3n12. The van der Waals surface area contributed by atoms with Gasteiger partial charge in [0.1, 0.15) is 11.5 Å². The zero-order valence-electron chi connectivity index (χ0n) is 10.8. The van der Waals surface area contributed by atoms with Gasteiger partial charge in [0.25, 0.3) is 0 Å². The number of benzene rings is 2. The third-order valence-corrected chi connectivity index (χ3v) is 3.72. The molecular formula is C16H12ClN3. The van der Waals surface area contributed by atoms with Crippen molar-refractivity contribution in [2.75, 3.05) is 5.88 Å². The number of aryl methyl sites for hydroxylation is 1. The van der Waals surface area contributed by atoms with Gasteiger partial charge in [-0.1, -0.05) is 24.3 Å². The molecule has 0 radical (unpaired) electrons. The molecule has 0 unspecified atom stereocenters. The normalized spacial score (nSPS) is 11.7. The monoisotopic (exact) mass is 281 g/mol. The Hall–Kier alpha value is -2.13. The third-order valence-electron chi connectivity index (χ3n) is 3.53. The molecule has 2 aromatic carbocycles.